The quantitative estimate of drug-likeness (QED) is 0.821. The lowest BCUT2D eigenvalue weighted by Crippen LogP contribution is -2.36. The summed E-state index contributed by atoms with van der Waals surface area (Å²) in [5.74, 6) is -0.775. The molecule has 3 heteroatoms. The number of nitrogens with one attached hydrogen (secondary N) is 1. The number of anilines is 1. The van der Waals surface area contributed by atoms with Crippen LogP contribution < -0.4 is 5.32 Å². The van der Waals surface area contributed by atoms with E-state index in [1.165, 1.54) is 0 Å². The molecule has 0 spiro atoms. The summed E-state index contributed by atoms with van der Waals surface area (Å²) in [6.07, 6.45) is 0.123. The van der Waals surface area contributed by atoms with Crippen LogP contribution in [0.25, 0.3) is 0 Å². The summed E-state index contributed by atoms with van der Waals surface area (Å²) >= 11 is 0. The topological polar surface area (TPSA) is 49.3 Å². The summed E-state index contributed by atoms with van der Waals surface area (Å²) in [5.41, 5.74) is 0.873. The maximum absolute atomic E-state index is 10.8. The van der Waals surface area contributed by atoms with Gasteiger partial charge in [-0.25, -0.2) is 0 Å². The van der Waals surface area contributed by atoms with Crippen molar-refractivity contribution in [2.75, 3.05) is 5.32 Å². The number of rotatable bonds is 4. The SMILES string of the molecule is CC(C)(C)[C@H](CC(=O)O)Nc1ccccc1. The number of carbonyl (C=O) groups is 1. The molecule has 1 aromatic rings. The third kappa shape index (κ3) is 3.93. The predicted octanol–water partition coefficient (Wildman–Crippen LogP) is 2.99. The molecule has 1 aromatic carbocycles. The molecule has 2 N–H and O–H groups in total. The largest absolute Gasteiger partial charge is 0.481 e. The van der Waals surface area contributed by atoms with Crippen LogP contribution in [0.1, 0.15) is 27.2 Å². The molecule has 0 aliphatic carbocycles. The van der Waals surface area contributed by atoms with E-state index in [-0.39, 0.29) is 17.9 Å². The summed E-state index contributed by atoms with van der Waals surface area (Å²) in [6.45, 7) is 6.11. The van der Waals surface area contributed by atoms with E-state index in [0.29, 0.717) is 0 Å². The standard InChI is InChI=1S/C13H19NO2/c1-13(2,3)11(9-12(15)16)14-10-7-5-4-6-8-10/h4-8,11,14H,9H2,1-3H3,(H,15,16)/t11-/m0/s1. The Hall–Kier alpha value is -1.51. The summed E-state index contributed by atoms with van der Waals surface area (Å²) < 4.78 is 0. The highest BCUT2D eigenvalue weighted by Gasteiger charge is 2.26. The molecule has 0 bridgehead atoms. The smallest absolute Gasteiger partial charge is 0.305 e. The van der Waals surface area contributed by atoms with Gasteiger partial charge in [0.15, 0.2) is 0 Å². The average Bonchev–Trinajstić information content (AvgIpc) is 2.16. The number of carboxylic acid groups (broad SMARTS) is 1. The second-order valence-corrected chi connectivity index (χ2v) is 5.03. The first-order chi connectivity index (χ1) is 7.39. The van der Waals surface area contributed by atoms with E-state index in [0.717, 1.165) is 5.69 Å². The maximum atomic E-state index is 10.8. The maximum Gasteiger partial charge on any atom is 0.305 e. The second-order valence-electron chi connectivity index (χ2n) is 5.03. The van der Waals surface area contributed by atoms with Gasteiger partial charge in [-0.2, -0.15) is 0 Å². The minimum atomic E-state index is -0.775. The Morgan fingerprint density at radius 2 is 1.88 bits per heavy atom. The lowest BCUT2D eigenvalue weighted by molar-refractivity contribution is -0.137. The van der Waals surface area contributed by atoms with E-state index >= 15 is 0 Å². The monoisotopic (exact) mass is 221 g/mol. The predicted molar refractivity (Wildman–Crippen MR) is 65.6 cm³/mol. The molecule has 0 amide bonds. The van der Waals surface area contributed by atoms with Crippen LogP contribution in [0.2, 0.25) is 0 Å². The van der Waals surface area contributed by atoms with Crippen LogP contribution in [-0.4, -0.2) is 17.1 Å². The zero-order valence-electron chi connectivity index (χ0n) is 10.0. The average molecular weight is 221 g/mol. The summed E-state index contributed by atoms with van der Waals surface area (Å²) in [6, 6.07) is 9.62. The molecule has 0 radical (unpaired) electrons. The molecule has 0 unspecified atom stereocenters. The molecule has 0 fully saturated rings. The molecular formula is C13H19NO2. The number of hydrogen-bond acceptors (Lipinski definition) is 2. The first-order valence-electron chi connectivity index (χ1n) is 5.43. The van der Waals surface area contributed by atoms with Gasteiger partial charge in [0.2, 0.25) is 0 Å². The van der Waals surface area contributed by atoms with Crippen molar-refractivity contribution in [3.8, 4) is 0 Å². The lowest BCUT2D eigenvalue weighted by Gasteiger charge is -2.31. The molecule has 1 rings (SSSR count). The summed E-state index contributed by atoms with van der Waals surface area (Å²) in [5, 5.41) is 12.2. The minimum absolute atomic E-state index is 0.0765. The van der Waals surface area contributed by atoms with E-state index in [1.807, 2.05) is 51.1 Å². The van der Waals surface area contributed by atoms with Crippen LogP contribution >= 0.6 is 0 Å². The van der Waals surface area contributed by atoms with Crippen molar-refractivity contribution in [1.82, 2.24) is 0 Å². The highest BCUT2D eigenvalue weighted by molar-refractivity contribution is 5.68. The van der Waals surface area contributed by atoms with Gasteiger partial charge in [0.25, 0.3) is 0 Å². The van der Waals surface area contributed by atoms with E-state index in [4.69, 9.17) is 5.11 Å². The van der Waals surface area contributed by atoms with Crippen molar-refractivity contribution in [1.29, 1.82) is 0 Å². The van der Waals surface area contributed by atoms with Crippen molar-refractivity contribution in [2.24, 2.45) is 5.41 Å². The van der Waals surface area contributed by atoms with Gasteiger partial charge < -0.3 is 10.4 Å². The zero-order valence-corrected chi connectivity index (χ0v) is 10.0. The van der Waals surface area contributed by atoms with Crippen LogP contribution in [0.15, 0.2) is 30.3 Å². The third-order valence-electron chi connectivity index (χ3n) is 2.54. The highest BCUT2D eigenvalue weighted by atomic mass is 16.4. The Bertz CT molecular complexity index is 341. The summed E-state index contributed by atoms with van der Waals surface area (Å²) in [4.78, 5) is 10.8. The highest BCUT2D eigenvalue weighted by Crippen LogP contribution is 2.25. The Kier molecular flexibility index (Phi) is 3.93. The van der Waals surface area contributed by atoms with Gasteiger partial charge in [0, 0.05) is 11.7 Å². The van der Waals surface area contributed by atoms with Gasteiger partial charge in [-0.3, -0.25) is 4.79 Å². The Balaban J connectivity index is 2.75. The molecule has 1 atom stereocenters. The van der Waals surface area contributed by atoms with Crippen LogP contribution in [0.4, 0.5) is 5.69 Å². The normalized spacial score (nSPS) is 13.2. The molecule has 0 saturated carbocycles. The Morgan fingerprint density at radius 1 is 1.31 bits per heavy atom. The van der Waals surface area contributed by atoms with Crippen LogP contribution in [-0.2, 0) is 4.79 Å². The van der Waals surface area contributed by atoms with E-state index in [2.05, 4.69) is 5.32 Å². The van der Waals surface area contributed by atoms with E-state index < -0.39 is 5.97 Å². The fraction of sp³-hybridized carbons (Fsp3) is 0.462. The second kappa shape index (κ2) is 5.01. The van der Waals surface area contributed by atoms with Gasteiger partial charge in [0.1, 0.15) is 0 Å². The molecular weight excluding hydrogens is 202 g/mol. The van der Waals surface area contributed by atoms with Gasteiger partial charge in [0.05, 0.1) is 6.42 Å². The molecule has 0 aliphatic heterocycles. The van der Waals surface area contributed by atoms with E-state index in [1.54, 1.807) is 0 Å². The molecule has 0 saturated heterocycles. The number of benzene rings is 1. The van der Waals surface area contributed by atoms with Crippen molar-refractivity contribution >= 4 is 11.7 Å². The minimum Gasteiger partial charge on any atom is -0.481 e. The first-order valence-corrected chi connectivity index (χ1v) is 5.43. The Labute approximate surface area is 96.5 Å². The van der Waals surface area contributed by atoms with Gasteiger partial charge in [-0.05, 0) is 17.5 Å². The number of carboxylic acids is 1. The summed E-state index contributed by atoms with van der Waals surface area (Å²) in [7, 11) is 0. The zero-order chi connectivity index (χ0) is 12.2. The van der Waals surface area contributed by atoms with Gasteiger partial charge in [-0.1, -0.05) is 39.0 Å². The third-order valence-corrected chi connectivity index (χ3v) is 2.54. The molecule has 0 aromatic heterocycles. The Morgan fingerprint density at radius 3 is 2.31 bits per heavy atom. The van der Waals surface area contributed by atoms with Crippen LogP contribution in [0, 0.1) is 5.41 Å². The lowest BCUT2D eigenvalue weighted by atomic mass is 9.84. The van der Waals surface area contributed by atoms with Crippen LogP contribution in [0.3, 0.4) is 0 Å². The number of hydrogen-bond donors (Lipinski definition) is 2. The van der Waals surface area contributed by atoms with Crippen molar-refractivity contribution in [3.63, 3.8) is 0 Å². The van der Waals surface area contributed by atoms with Gasteiger partial charge >= 0.3 is 5.97 Å². The first kappa shape index (κ1) is 12.6. The fourth-order valence-electron chi connectivity index (χ4n) is 1.48. The fourth-order valence-corrected chi connectivity index (χ4v) is 1.48. The molecule has 16 heavy (non-hydrogen) atoms. The number of para-hydroxylation sites is 1. The van der Waals surface area contributed by atoms with Crippen LogP contribution in [0.5, 0.6) is 0 Å². The van der Waals surface area contributed by atoms with Gasteiger partial charge in [-0.15, -0.1) is 0 Å². The molecule has 0 heterocycles. The van der Waals surface area contributed by atoms with Crippen molar-refractivity contribution < 1.29 is 9.90 Å². The van der Waals surface area contributed by atoms with Crippen molar-refractivity contribution in [3.05, 3.63) is 30.3 Å². The van der Waals surface area contributed by atoms with Crippen molar-refractivity contribution in [2.45, 2.75) is 33.2 Å². The number of aliphatic carboxylic acids is 1. The molecule has 88 valence electrons. The molecule has 3 nitrogen and oxygen atoms in total. The van der Waals surface area contributed by atoms with E-state index in [9.17, 15) is 4.79 Å². The molecule has 0 aliphatic rings.